The first-order chi connectivity index (χ1) is 7.72. The van der Waals surface area contributed by atoms with Gasteiger partial charge < -0.3 is 5.11 Å². The van der Waals surface area contributed by atoms with E-state index in [4.69, 9.17) is 5.11 Å². The van der Waals surface area contributed by atoms with Crippen LogP contribution in [-0.2, 0) is 15.0 Å². The molecule has 0 rings (SSSR count). The van der Waals surface area contributed by atoms with Crippen LogP contribution in [0.5, 0.6) is 0 Å². The minimum Gasteiger partial charge on any atom is -0.480 e. The van der Waals surface area contributed by atoms with Gasteiger partial charge in [-0.25, -0.2) is 0 Å². The molecule has 102 valence electrons. The van der Waals surface area contributed by atoms with Gasteiger partial charge in [-0.3, -0.25) is 4.79 Å². The van der Waals surface area contributed by atoms with E-state index in [1.165, 1.54) is 18.8 Å². The maximum Gasteiger partial charge on any atom is 0.321 e. The number of thioether (sulfide) groups is 1. The Labute approximate surface area is 107 Å². The third-order valence-electron chi connectivity index (χ3n) is 2.31. The first-order valence-corrected chi connectivity index (χ1v) is 8.02. The zero-order chi connectivity index (χ0) is 13.6. The fraction of sp³-hybridized carbons (Fsp3) is 0.889. The average molecular weight is 284 g/mol. The van der Waals surface area contributed by atoms with Crippen molar-refractivity contribution in [1.29, 1.82) is 0 Å². The molecule has 0 bridgehead atoms. The molecule has 0 aromatic heterocycles. The van der Waals surface area contributed by atoms with Gasteiger partial charge in [-0.15, -0.1) is 0 Å². The van der Waals surface area contributed by atoms with Crippen LogP contribution in [0.15, 0.2) is 0 Å². The summed E-state index contributed by atoms with van der Waals surface area (Å²) in [4.78, 5) is 10.9. The molecule has 2 N–H and O–H groups in total. The van der Waals surface area contributed by atoms with Crippen molar-refractivity contribution < 1.29 is 18.3 Å². The lowest BCUT2D eigenvalue weighted by molar-refractivity contribution is -0.139. The van der Waals surface area contributed by atoms with Crippen LogP contribution in [0.3, 0.4) is 0 Å². The number of nitrogens with zero attached hydrogens (tertiary/aromatic N) is 1. The van der Waals surface area contributed by atoms with Gasteiger partial charge in [-0.05, 0) is 32.3 Å². The molecule has 0 saturated heterocycles. The Balaban J connectivity index is 4.69. The predicted molar refractivity (Wildman–Crippen MR) is 69.4 cm³/mol. The number of carboxylic acid groups (broad SMARTS) is 1. The highest BCUT2D eigenvalue weighted by atomic mass is 32.2. The molecule has 0 aliphatic carbocycles. The Hall–Kier alpha value is -0.310. The zero-order valence-corrected chi connectivity index (χ0v) is 12.1. The second-order valence-corrected chi connectivity index (χ2v) is 6.65. The van der Waals surface area contributed by atoms with E-state index in [1.807, 2.05) is 6.26 Å². The van der Waals surface area contributed by atoms with Crippen molar-refractivity contribution in [3.8, 4) is 0 Å². The fourth-order valence-corrected chi connectivity index (χ4v) is 2.78. The van der Waals surface area contributed by atoms with Crippen molar-refractivity contribution in [2.24, 2.45) is 0 Å². The number of rotatable bonds is 8. The highest BCUT2D eigenvalue weighted by Crippen LogP contribution is 2.06. The molecule has 6 nitrogen and oxygen atoms in total. The number of carbonyl (C=O) groups is 1. The first kappa shape index (κ1) is 16.7. The van der Waals surface area contributed by atoms with Gasteiger partial charge >= 0.3 is 5.97 Å². The van der Waals surface area contributed by atoms with Crippen molar-refractivity contribution in [2.75, 3.05) is 19.1 Å². The van der Waals surface area contributed by atoms with Gasteiger partial charge in [0.25, 0.3) is 10.2 Å². The van der Waals surface area contributed by atoms with Crippen molar-refractivity contribution in [3.05, 3.63) is 0 Å². The molecule has 0 aromatic rings. The van der Waals surface area contributed by atoms with Crippen LogP contribution in [0, 0.1) is 0 Å². The number of aliphatic carboxylic acids is 1. The average Bonchev–Trinajstić information content (AvgIpc) is 2.22. The SMILES string of the molecule is CSCC[C@@H](NS(=O)(=O)N(C)C(C)C)C(=O)O. The molecule has 1 atom stereocenters. The number of nitrogens with one attached hydrogen (secondary N) is 1. The molecule has 0 heterocycles. The summed E-state index contributed by atoms with van der Waals surface area (Å²) in [5.74, 6) is -0.565. The molecule has 0 unspecified atom stereocenters. The van der Waals surface area contributed by atoms with Gasteiger partial charge in [0.15, 0.2) is 0 Å². The lowest BCUT2D eigenvalue weighted by atomic mass is 10.2. The van der Waals surface area contributed by atoms with Gasteiger partial charge in [0, 0.05) is 13.1 Å². The van der Waals surface area contributed by atoms with E-state index >= 15 is 0 Å². The summed E-state index contributed by atoms with van der Waals surface area (Å²) in [5, 5.41) is 8.93. The molecule has 0 fully saturated rings. The normalized spacial score (nSPS) is 14.2. The predicted octanol–water partition coefficient (Wildman–Crippen LogP) is 0.367. The van der Waals surface area contributed by atoms with Gasteiger partial charge in [0.2, 0.25) is 0 Å². The van der Waals surface area contributed by atoms with E-state index in [9.17, 15) is 13.2 Å². The van der Waals surface area contributed by atoms with Crippen molar-refractivity contribution in [1.82, 2.24) is 9.03 Å². The Morgan fingerprint density at radius 2 is 2.00 bits per heavy atom. The Kier molecular flexibility index (Phi) is 7.07. The van der Waals surface area contributed by atoms with E-state index in [-0.39, 0.29) is 12.5 Å². The molecule has 17 heavy (non-hydrogen) atoms. The number of hydrogen-bond donors (Lipinski definition) is 2. The first-order valence-electron chi connectivity index (χ1n) is 5.19. The Morgan fingerprint density at radius 3 is 2.35 bits per heavy atom. The van der Waals surface area contributed by atoms with E-state index in [1.54, 1.807) is 13.8 Å². The molecule has 0 spiro atoms. The molecule has 0 aliphatic heterocycles. The summed E-state index contributed by atoms with van der Waals surface area (Å²) in [6.07, 6.45) is 2.11. The van der Waals surface area contributed by atoms with Crippen LogP contribution in [0.1, 0.15) is 20.3 Å². The summed E-state index contributed by atoms with van der Waals surface area (Å²) in [7, 11) is -2.32. The van der Waals surface area contributed by atoms with Crippen LogP contribution in [-0.4, -0.2) is 54.9 Å². The summed E-state index contributed by atoms with van der Waals surface area (Å²) in [6.45, 7) is 3.44. The lowest BCUT2D eigenvalue weighted by Crippen LogP contribution is -2.49. The van der Waals surface area contributed by atoms with E-state index in [2.05, 4.69) is 4.72 Å². The largest absolute Gasteiger partial charge is 0.480 e. The van der Waals surface area contributed by atoms with E-state index in [0.717, 1.165) is 4.31 Å². The Bertz CT molecular complexity index is 343. The molecular formula is C9H20N2O4S2. The summed E-state index contributed by atoms with van der Waals surface area (Å²) in [5.41, 5.74) is 0. The minimum absolute atomic E-state index is 0.220. The highest BCUT2D eigenvalue weighted by molar-refractivity contribution is 7.98. The summed E-state index contributed by atoms with van der Waals surface area (Å²) < 4.78 is 26.9. The summed E-state index contributed by atoms with van der Waals surface area (Å²) >= 11 is 1.48. The van der Waals surface area contributed by atoms with Crippen molar-refractivity contribution in [2.45, 2.75) is 32.4 Å². The highest BCUT2D eigenvalue weighted by Gasteiger charge is 2.27. The van der Waals surface area contributed by atoms with Crippen LogP contribution in [0.2, 0.25) is 0 Å². The molecule has 0 saturated carbocycles. The van der Waals surface area contributed by atoms with Gasteiger partial charge in [0.1, 0.15) is 6.04 Å². The lowest BCUT2D eigenvalue weighted by Gasteiger charge is -2.23. The van der Waals surface area contributed by atoms with Crippen LogP contribution in [0.25, 0.3) is 0 Å². The Morgan fingerprint density at radius 1 is 1.47 bits per heavy atom. The number of carboxylic acids is 1. The topological polar surface area (TPSA) is 86.7 Å². The standard InChI is InChI=1S/C9H20N2O4S2/c1-7(2)11(3)17(14,15)10-8(9(12)13)5-6-16-4/h7-8,10H,5-6H2,1-4H3,(H,12,13)/t8-/m1/s1. The minimum atomic E-state index is -3.74. The second kappa shape index (κ2) is 7.20. The van der Waals surface area contributed by atoms with Crippen LogP contribution < -0.4 is 4.72 Å². The fourth-order valence-electron chi connectivity index (χ4n) is 1.01. The third-order valence-corrected chi connectivity index (χ3v) is 4.71. The molecule has 8 heteroatoms. The smallest absolute Gasteiger partial charge is 0.321 e. The molecule has 0 amide bonds. The molecular weight excluding hydrogens is 264 g/mol. The van der Waals surface area contributed by atoms with Crippen LogP contribution >= 0.6 is 11.8 Å². The van der Waals surface area contributed by atoms with Crippen molar-refractivity contribution >= 4 is 27.9 Å². The zero-order valence-electron chi connectivity index (χ0n) is 10.5. The van der Waals surface area contributed by atoms with Gasteiger partial charge in [-0.1, -0.05) is 0 Å². The monoisotopic (exact) mass is 284 g/mol. The second-order valence-electron chi connectivity index (χ2n) is 3.91. The van der Waals surface area contributed by atoms with Gasteiger partial charge in [-0.2, -0.15) is 29.2 Å². The summed E-state index contributed by atoms with van der Waals surface area (Å²) in [6, 6.07) is -1.30. The molecule has 0 radical (unpaired) electrons. The van der Waals surface area contributed by atoms with Crippen molar-refractivity contribution in [3.63, 3.8) is 0 Å². The van der Waals surface area contributed by atoms with E-state index < -0.39 is 22.2 Å². The maximum absolute atomic E-state index is 11.8. The molecule has 0 aromatic carbocycles. The third kappa shape index (κ3) is 5.71. The van der Waals surface area contributed by atoms with Gasteiger partial charge in [0.05, 0.1) is 0 Å². The van der Waals surface area contributed by atoms with E-state index in [0.29, 0.717) is 5.75 Å². The van der Waals surface area contributed by atoms with Crippen LogP contribution in [0.4, 0.5) is 0 Å². The maximum atomic E-state index is 11.8. The number of hydrogen-bond acceptors (Lipinski definition) is 4. The molecule has 0 aliphatic rings. The quantitative estimate of drug-likeness (QED) is 0.672.